The van der Waals surface area contributed by atoms with Crippen molar-refractivity contribution in [2.75, 3.05) is 29.5 Å². The fraction of sp³-hybridized carbons (Fsp3) is 0.650. The van der Waals surface area contributed by atoms with Gasteiger partial charge in [-0.15, -0.1) is 0 Å². The predicted octanol–water partition coefficient (Wildman–Crippen LogP) is 3.60. The molecule has 8 nitrogen and oxygen atoms in total. The van der Waals surface area contributed by atoms with Crippen LogP contribution in [0.1, 0.15) is 58.3 Å². The largest absolute Gasteiger partial charge is 0.371 e. The molecule has 0 aromatic carbocycles. The van der Waals surface area contributed by atoms with Gasteiger partial charge in [-0.2, -0.15) is 9.97 Å². The summed E-state index contributed by atoms with van der Waals surface area (Å²) in [5.41, 5.74) is 0. The number of nitrogens with zero attached hydrogens (tertiary/aromatic N) is 7. The molecule has 1 aliphatic rings. The lowest BCUT2D eigenvalue weighted by atomic mass is 10.1. The first kappa shape index (κ1) is 21.6. The second-order valence-corrected chi connectivity index (χ2v) is 7.94. The molecule has 0 aliphatic carbocycles. The quantitative estimate of drug-likeness (QED) is 0.629. The maximum Gasteiger partial charge on any atom is 0.230 e. The van der Waals surface area contributed by atoms with E-state index in [-0.39, 0.29) is 23.5 Å². The Morgan fingerprint density at radius 2 is 1.90 bits per heavy atom. The van der Waals surface area contributed by atoms with E-state index >= 15 is 0 Å². The van der Waals surface area contributed by atoms with E-state index in [9.17, 15) is 0 Å². The van der Waals surface area contributed by atoms with Crippen LogP contribution in [0.15, 0.2) is 12.3 Å². The molecule has 0 saturated carbocycles. The minimum Gasteiger partial charge on any atom is -0.371 e. The summed E-state index contributed by atoms with van der Waals surface area (Å²) in [6.45, 7) is 12.6. The molecule has 0 N–H and O–H groups in total. The topological polar surface area (TPSA) is 80.2 Å². The lowest BCUT2D eigenvalue weighted by Crippen LogP contribution is -2.57. The van der Waals surface area contributed by atoms with Crippen molar-refractivity contribution in [2.45, 2.75) is 65.6 Å². The molecular formula is C20H30ClN7O. The third kappa shape index (κ3) is 5.30. The number of unbranched alkanes of at least 4 members (excludes halogenated alkanes) is 1. The molecule has 3 heterocycles. The van der Waals surface area contributed by atoms with Crippen LogP contribution in [0.25, 0.3) is 0 Å². The van der Waals surface area contributed by atoms with Gasteiger partial charge < -0.3 is 14.5 Å². The summed E-state index contributed by atoms with van der Waals surface area (Å²) in [6, 6.07) is 2.40. The van der Waals surface area contributed by atoms with Gasteiger partial charge in [-0.25, -0.2) is 15.0 Å². The third-order valence-electron chi connectivity index (χ3n) is 5.06. The fourth-order valence-corrected chi connectivity index (χ4v) is 3.90. The average molecular weight is 420 g/mol. The molecule has 0 amide bonds. The summed E-state index contributed by atoms with van der Waals surface area (Å²) in [5.74, 6) is 2.90. The Bertz CT molecular complexity index is 789. The molecule has 0 unspecified atom stereocenters. The van der Waals surface area contributed by atoms with Gasteiger partial charge in [0.25, 0.3) is 0 Å². The number of piperazine rings is 1. The number of hydrogen-bond donors (Lipinski definition) is 0. The fourth-order valence-electron chi connectivity index (χ4n) is 3.70. The first-order valence-corrected chi connectivity index (χ1v) is 10.6. The molecule has 9 heteroatoms. The molecule has 1 fully saturated rings. The van der Waals surface area contributed by atoms with Crippen molar-refractivity contribution in [3.05, 3.63) is 29.2 Å². The molecule has 0 spiro atoms. The van der Waals surface area contributed by atoms with Crippen LogP contribution in [0, 0.1) is 6.92 Å². The molecular weight excluding hydrogens is 390 g/mol. The Kier molecular flexibility index (Phi) is 7.18. The Morgan fingerprint density at radius 1 is 1.17 bits per heavy atom. The molecule has 2 aromatic heterocycles. The van der Waals surface area contributed by atoms with Crippen LogP contribution in [-0.2, 0) is 4.74 Å². The lowest BCUT2D eigenvalue weighted by molar-refractivity contribution is 0.0578. The van der Waals surface area contributed by atoms with Gasteiger partial charge in [-0.3, -0.25) is 0 Å². The second kappa shape index (κ2) is 9.63. The summed E-state index contributed by atoms with van der Waals surface area (Å²) in [5, 5.41) is 0.229. The van der Waals surface area contributed by atoms with Crippen LogP contribution in [0.3, 0.4) is 0 Å². The molecule has 0 bridgehead atoms. The normalized spacial score (nSPS) is 20.8. The predicted molar refractivity (Wildman–Crippen MR) is 114 cm³/mol. The zero-order chi connectivity index (χ0) is 21.0. The molecule has 1 aliphatic heterocycles. The number of rotatable bonds is 7. The zero-order valence-corrected chi connectivity index (χ0v) is 18.6. The van der Waals surface area contributed by atoms with Crippen LogP contribution < -0.4 is 9.80 Å². The van der Waals surface area contributed by atoms with E-state index in [0.29, 0.717) is 11.8 Å². The van der Waals surface area contributed by atoms with Gasteiger partial charge in [-0.1, -0.05) is 13.3 Å². The van der Waals surface area contributed by atoms with Crippen LogP contribution in [0.2, 0.25) is 5.28 Å². The number of aromatic nitrogens is 5. The number of aryl methyl sites for hydroxylation is 1. The van der Waals surface area contributed by atoms with Crippen molar-refractivity contribution in [3.8, 4) is 0 Å². The van der Waals surface area contributed by atoms with E-state index in [4.69, 9.17) is 21.3 Å². The average Bonchev–Trinajstić information content (AvgIpc) is 2.67. The highest BCUT2D eigenvalue weighted by Gasteiger charge is 2.32. The summed E-state index contributed by atoms with van der Waals surface area (Å²) in [6.07, 6.45) is 3.85. The van der Waals surface area contributed by atoms with Crippen LogP contribution >= 0.6 is 11.6 Å². The van der Waals surface area contributed by atoms with Gasteiger partial charge in [0.05, 0.1) is 0 Å². The van der Waals surface area contributed by atoms with E-state index in [0.717, 1.165) is 44.2 Å². The van der Waals surface area contributed by atoms with Crippen molar-refractivity contribution >= 4 is 23.4 Å². The zero-order valence-electron chi connectivity index (χ0n) is 17.8. The highest BCUT2D eigenvalue weighted by atomic mass is 35.5. The lowest BCUT2D eigenvalue weighted by Gasteiger charge is -2.45. The van der Waals surface area contributed by atoms with E-state index in [1.165, 1.54) is 0 Å². The minimum absolute atomic E-state index is 0.122. The number of anilines is 2. The van der Waals surface area contributed by atoms with Crippen molar-refractivity contribution in [2.24, 2.45) is 0 Å². The molecule has 158 valence electrons. The van der Waals surface area contributed by atoms with Gasteiger partial charge >= 0.3 is 0 Å². The molecule has 3 rings (SSSR count). The Labute approximate surface area is 177 Å². The minimum atomic E-state index is -0.122. The molecule has 1 saturated heterocycles. The Hall–Kier alpha value is -2.06. The first-order chi connectivity index (χ1) is 13.9. The Balaban J connectivity index is 1.74. The molecule has 29 heavy (non-hydrogen) atoms. The number of hydrogen-bond acceptors (Lipinski definition) is 8. The third-order valence-corrected chi connectivity index (χ3v) is 5.23. The van der Waals surface area contributed by atoms with E-state index in [2.05, 4.69) is 50.5 Å². The van der Waals surface area contributed by atoms with Crippen LogP contribution in [0.5, 0.6) is 0 Å². The molecule has 3 atom stereocenters. The summed E-state index contributed by atoms with van der Waals surface area (Å²) >= 11 is 6.03. The standard InChI is InChI=1S/C20H30ClN7O/c1-6-7-10-29-15(4)18-22-9-8-17(25-18)28-13(2)11-27(12-14(28)3)20-24-16(5)23-19(21)26-20/h8-9,13-15H,6-7,10-12H2,1-5H3/t13-,14+,15-/m1/s1. The monoisotopic (exact) mass is 419 g/mol. The summed E-state index contributed by atoms with van der Waals surface area (Å²) < 4.78 is 5.88. The first-order valence-electron chi connectivity index (χ1n) is 10.2. The van der Waals surface area contributed by atoms with Crippen molar-refractivity contribution < 1.29 is 4.74 Å². The number of halogens is 1. The summed E-state index contributed by atoms with van der Waals surface area (Å²) in [4.78, 5) is 26.5. The SMILES string of the molecule is CCCCO[C@H](C)c1nccc(N2[C@H](C)CN(c3nc(C)nc(Cl)n3)C[C@@H]2C)n1. The van der Waals surface area contributed by atoms with Gasteiger partial charge in [-0.05, 0) is 51.8 Å². The van der Waals surface area contributed by atoms with Gasteiger partial charge in [0, 0.05) is 38.0 Å². The van der Waals surface area contributed by atoms with E-state index in [1.54, 1.807) is 0 Å². The smallest absolute Gasteiger partial charge is 0.230 e. The maximum absolute atomic E-state index is 6.03. The number of ether oxygens (including phenoxy) is 1. The highest BCUT2D eigenvalue weighted by Crippen LogP contribution is 2.26. The van der Waals surface area contributed by atoms with Crippen molar-refractivity contribution in [3.63, 3.8) is 0 Å². The van der Waals surface area contributed by atoms with Crippen LogP contribution in [-0.4, -0.2) is 56.7 Å². The molecule has 0 radical (unpaired) electrons. The van der Waals surface area contributed by atoms with Crippen molar-refractivity contribution in [1.82, 2.24) is 24.9 Å². The maximum atomic E-state index is 6.03. The molecule has 2 aromatic rings. The van der Waals surface area contributed by atoms with Gasteiger partial charge in [0.2, 0.25) is 11.2 Å². The van der Waals surface area contributed by atoms with Crippen molar-refractivity contribution in [1.29, 1.82) is 0 Å². The van der Waals surface area contributed by atoms with E-state index < -0.39 is 0 Å². The van der Waals surface area contributed by atoms with Gasteiger partial charge in [0.15, 0.2) is 5.82 Å². The second-order valence-electron chi connectivity index (χ2n) is 7.60. The summed E-state index contributed by atoms with van der Waals surface area (Å²) in [7, 11) is 0. The van der Waals surface area contributed by atoms with Crippen LogP contribution in [0.4, 0.5) is 11.8 Å². The van der Waals surface area contributed by atoms with Gasteiger partial charge in [0.1, 0.15) is 17.7 Å². The Morgan fingerprint density at radius 3 is 2.55 bits per heavy atom. The van der Waals surface area contributed by atoms with E-state index in [1.807, 2.05) is 26.1 Å². The highest BCUT2D eigenvalue weighted by molar-refractivity contribution is 6.28.